The summed E-state index contributed by atoms with van der Waals surface area (Å²) in [4.78, 5) is 14.5. The van der Waals surface area contributed by atoms with Crippen LogP contribution in [0.5, 0.6) is 0 Å². The Balaban J connectivity index is 1.53. The fourth-order valence-corrected chi connectivity index (χ4v) is 3.57. The van der Waals surface area contributed by atoms with Crippen LogP contribution in [0.25, 0.3) is 0 Å². The zero-order valence-electron chi connectivity index (χ0n) is 13.3. The van der Waals surface area contributed by atoms with Gasteiger partial charge in [-0.3, -0.25) is 4.79 Å². The molecule has 0 aliphatic carbocycles. The predicted octanol–water partition coefficient (Wildman–Crippen LogP) is 2.01. The quantitative estimate of drug-likeness (QED) is 0.849. The molecule has 0 radical (unpaired) electrons. The molecule has 1 saturated heterocycles. The van der Waals surface area contributed by atoms with Crippen LogP contribution in [-0.2, 0) is 11.8 Å². The van der Waals surface area contributed by atoms with Gasteiger partial charge in [-0.25, -0.2) is 0 Å². The molecule has 23 heavy (non-hydrogen) atoms. The number of carbonyl (C=O) groups excluding carboxylic acids is 1. The minimum absolute atomic E-state index is 0.159. The lowest BCUT2D eigenvalue weighted by molar-refractivity contribution is -0.129. The van der Waals surface area contributed by atoms with Crippen molar-refractivity contribution in [3.05, 3.63) is 36.7 Å². The molecule has 1 fully saturated rings. The van der Waals surface area contributed by atoms with Crippen LogP contribution >= 0.6 is 11.8 Å². The second-order valence-electron chi connectivity index (χ2n) is 5.76. The molecule has 1 N–H and O–H groups in total. The lowest BCUT2D eigenvalue weighted by atomic mass is 10.2. The minimum Gasteiger partial charge on any atom is -0.380 e. The van der Waals surface area contributed by atoms with Crippen molar-refractivity contribution in [2.45, 2.75) is 29.8 Å². The number of nitrogens with one attached hydrogen (secondary N) is 1. The van der Waals surface area contributed by atoms with Crippen molar-refractivity contribution in [3.63, 3.8) is 0 Å². The highest BCUT2D eigenvalue weighted by Crippen LogP contribution is 2.24. The molecule has 2 aromatic rings. The summed E-state index contributed by atoms with van der Waals surface area (Å²) in [5, 5.41) is 12.0. The van der Waals surface area contributed by atoms with Gasteiger partial charge in [0.25, 0.3) is 0 Å². The first-order valence-corrected chi connectivity index (χ1v) is 8.62. The molecule has 1 aliphatic heterocycles. The van der Waals surface area contributed by atoms with Gasteiger partial charge in [0.05, 0.1) is 5.25 Å². The van der Waals surface area contributed by atoms with E-state index >= 15 is 0 Å². The standard InChI is InChI=1S/C16H21N5OS/c1-12(23-16-19-17-11-20(16)2)15(22)21-9-8-14(10-21)18-13-6-4-3-5-7-13/h3-7,11-12,14,18H,8-10H2,1-2H3/t12-,14-/m0/s1. The van der Waals surface area contributed by atoms with Gasteiger partial charge in [-0.15, -0.1) is 10.2 Å². The molecule has 2 atom stereocenters. The van der Waals surface area contributed by atoms with E-state index in [-0.39, 0.29) is 11.2 Å². The first-order chi connectivity index (χ1) is 11.1. The fourth-order valence-electron chi connectivity index (χ4n) is 2.69. The molecule has 1 aromatic heterocycles. The van der Waals surface area contributed by atoms with Gasteiger partial charge in [-0.1, -0.05) is 30.0 Å². The number of likely N-dealkylation sites (tertiary alicyclic amines) is 1. The largest absolute Gasteiger partial charge is 0.380 e. The molecular formula is C16H21N5OS. The van der Waals surface area contributed by atoms with Crippen LogP contribution in [0.4, 0.5) is 5.69 Å². The van der Waals surface area contributed by atoms with Gasteiger partial charge in [0.15, 0.2) is 5.16 Å². The third-order valence-corrected chi connectivity index (χ3v) is 5.08. The Labute approximate surface area is 140 Å². The van der Waals surface area contributed by atoms with Crippen molar-refractivity contribution < 1.29 is 4.79 Å². The maximum atomic E-state index is 12.6. The second kappa shape index (κ2) is 7.04. The Hall–Kier alpha value is -2.02. The number of para-hydroxylation sites is 1. The molecule has 122 valence electrons. The zero-order valence-corrected chi connectivity index (χ0v) is 14.2. The van der Waals surface area contributed by atoms with Crippen LogP contribution in [0.2, 0.25) is 0 Å². The molecule has 1 amide bonds. The lowest BCUT2D eigenvalue weighted by Crippen LogP contribution is -2.36. The van der Waals surface area contributed by atoms with Crippen LogP contribution < -0.4 is 5.32 Å². The van der Waals surface area contributed by atoms with E-state index in [1.807, 2.05) is 41.6 Å². The third-order valence-electron chi connectivity index (χ3n) is 3.94. The van der Waals surface area contributed by atoms with E-state index in [1.54, 1.807) is 6.33 Å². The minimum atomic E-state index is -0.159. The number of nitrogens with zero attached hydrogens (tertiary/aromatic N) is 4. The summed E-state index contributed by atoms with van der Waals surface area (Å²) in [6, 6.07) is 10.4. The molecule has 0 saturated carbocycles. The molecule has 7 heteroatoms. The van der Waals surface area contributed by atoms with Crippen LogP contribution in [0.3, 0.4) is 0 Å². The van der Waals surface area contributed by atoms with Crippen molar-refractivity contribution in [1.29, 1.82) is 0 Å². The predicted molar refractivity (Wildman–Crippen MR) is 91.4 cm³/mol. The summed E-state index contributed by atoms with van der Waals surface area (Å²) in [5.41, 5.74) is 1.10. The van der Waals surface area contributed by atoms with Gasteiger partial charge in [0, 0.05) is 31.9 Å². The Morgan fingerprint density at radius 3 is 2.87 bits per heavy atom. The van der Waals surface area contributed by atoms with Gasteiger partial charge in [-0.2, -0.15) is 0 Å². The van der Waals surface area contributed by atoms with E-state index in [2.05, 4.69) is 27.6 Å². The first kappa shape index (κ1) is 15.9. The monoisotopic (exact) mass is 331 g/mol. The van der Waals surface area contributed by atoms with E-state index in [0.29, 0.717) is 6.04 Å². The molecule has 0 spiro atoms. The van der Waals surface area contributed by atoms with E-state index in [9.17, 15) is 4.79 Å². The van der Waals surface area contributed by atoms with Gasteiger partial charge >= 0.3 is 0 Å². The smallest absolute Gasteiger partial charge is 0.235 e. The van der Waals surface area contributed by atoms with Gasteiger partial charge in [-0.05, 0) is 25.5 Å². The molecular weight excluding hydrogens is 310 g/mol. The van der Waals surface area contributed by atoms with Gasteiger partial charge < -0.3 is 14.8 Å². The highest BCUT2D eigenvalue weighted by molar-refractivity contribution is 8.00. The molecule has 3 rings (SSSR count). The van der Waals surface area contributed by atoms with Gasteiger partial charge in [0.2, 0.25) is 5.91 Å². The maximum Gasteiger partial charge on any atom is 0.235 e. The molecule has 0 unspecified atom stereocenters. The first-order valence-electron chi connectivity index (χ1n) is 7.74. The SMILES string of the molecule is C[C@H](Sc1nncn1C)C(=O)N1CC[C@H](Nc2ccccc2)C1. The number of hydrogen-bond donors (Lipinski definition) is 1. The third kappa shape index (κ3) is 3.85. The average molecular weight is 331 g/mol. The van der Waals surface area contributed by atoms with Crippen molar-refractivity contribution in [2.75, 3.05) is 18.4 Å². The maximum absolute atomic E-state index is 12.6. The number of amides is 1. The average Bonchev–Trinajstić information content (AvgIpc) is 3.17. The highest BCUT2D eigenvalue weighted by atomic mass is 32.2. The Morgan fingerprint density at radius 2 is 2.17 bits per heavy atom. The second-order valence-corrected chi connectivity index (χ2v) is 7.07. The van der Waals surface area contributed by atoms with E-state index in [4.69, 9.17) is 0 Å². The number of aromatic nitrogens is 3. The highest BCUT2D eigenvalue weighted by Gasteiger charge is 2.30. The number of carbonyl (C=O) groups is 1. The summed E-state index contributed by atoms with van der Waals surface area (Å²) < 4.78 is 1.83. The van der Waals surface area contributed by atoms with Crippen molar-refractivity contribution >= 4 is 23.4 Å². The number of thioether (sulfide) groups is 1. The summed E-state index contributed by atoms with van der Waals surface area (Å²) in [6.45, 7) is 3.48. The van der Waals surface area contributed by atoms with Gasteiger partial charge in [0.1, 0.15) is 6.33 Å². The van der Waals surface area contributed by atoms with E-state index < -0.39 is 0 Å². The molecule has 6 nitrogen and oxygen atoms in total. The van der Waals surface area contributed by atoms with Crippen LogP contribution in [-0.4, -0.2) is 50.0 Å². The molecule has 1 aliphatic rings. The Morgan fingerprint density at radius 1 is 1.39 bits per heavy atom. The van der Waals surface area contributed by atoms with Crippen LogP contribution in [0, 0.1) is 0 Å². The number of hydrogen-bond acceptors (Lipinski definition) is 5. The molecule has 0 bridgehead atoms. The van der Waals surface area contributed by atoms with Crippen LogP contribution in [0.1, 0.15) is 13.3 Å². The Kier molecular flexibility index (Phi) is 4.85. The van der Waals surface area contributed by atoms with Crippen LogP contribution in [0.15, 0.2) is 41.8 Å². The van der Waals surface area contributed by atoms with E-state index in [0.717, 1.165) is 30.4 Å². The number of aryl methyl sites for hydroxylation is 1. The van der Waals surface area contributed by atoms with Crippen molar-refractivity contribution in [3.8, 4) is 0 Å². The lowest BCUT2D eigenvalue weighted by Gasteiger charge is -2.21. The number of anilines is 1. The molecule has 2 heterocycles. The van der Waals surface area contributed by atoms with E-state index in [1.165, 1.54) is 11.8 Å². The zero-order chi connectivity index (χ0) is 16.2. The summed E-state index contributed by atoms with van der Waals surface area (Å²) in [6.07, 6.45) is 2.62. The number of benzene rings is 1. The van der Waals surface area contributed by atoms with Crippen molar-refractivity contribution in [1.82, 2.24) is 19.7 Å². The fraction of sp³-hybridized carbons (Fsp3) is 0.438. The topological polar surface area (TPSA) is 63.1 Å². The summed E-state index contributed by atoms with van der Waals surface area (Å²) >= 11 is 1.45. The molecule has 1 aromatic carbocycles. The number of rotatable bonds is 5. The summed E-state index contributed by atoms with van der Waals surface area (Å²) in [7, 11) is 1.88. The normalized spacial score (nSPS) is 18.9. The Bertz CT molecular complexity index is 660. The summed E-state index contributed by atoms with van der Waals surface area (Å²) in [5.74, 6) is 0.162. The van der Waals surface area contributed by atoms with Crippen molar-refractivity contribution in [2.24, 2.45) is 7.05 Å².